The van der Waals surface area contributed by atoms with Gasteiger partial charge in [0, 0.05) is 6.54 Å². The van der Waals surface area contributed by atoms with E-state index in [1.165, 1.54) is 0 Å². The Bertz CT molecular complexity index is 344. The smallest absolute Gasteiger partial charge is 0.142 e. The fourth-order valence-corrected chi connectivity index (χ4v) is 1.46. The maximum absolute atomic E-state index is 8.80. The molecular formula is C13H21NO4. The summed E-state index contributed by atoms with van der Waals surface area (Å²) < 4.78 is 10.7. The Balaban J connectivity index is 2.47. The lowest BCUT2D eigenvalue weighted by Crippen LogP contribution is -2.11. The Morgan fingerprint density at radius 2 is 1.94 bits per heavy atom. The zero-order valence-corrected chi connectivity index (χ0v) is 10.7. The van der Waals surface area contributed by atoms with Gasteiger partial charge in [-0.05, 0) is 24.6 Å². The van der Waals surface area contributed by atoms with Gasteiger partial charge in [0.25, 0.3) is 0 Å². The van der Waals surface area contributed by atoms with E-state index in [-0.39, 0.29) is 13.2 Å². The molecule has 3 N–H and O–H groups in total. The highest BCUT2D eigenvalue weighted by Crippen LogP contribution is 2.25. The average Bonchev–Trinajstić information content (AvgIpc) is 2.37. The van der Waals surface area contributed by atoms with Crippen molar-refractivity contribution in [3.63, 3.8) is 0 Å². The molecule has 0 aromatic heterocycles. The van der Waals surface area contributed by atoms with Crippen molar-refractivity contribution in [2.75, 3.05) is 44.9 Å². The lowest BCUT2D eigenvalue weighted by atomic mass is 10.2. The monoisotopic (exact) mass is 255 g/mol. The van der Waals surface area contributed by atoms with E-state index in [1.54, 1.807) is 0 Å². The molecule has 0 bridgehead atoms. The largest absolute Gasteiger partial charge is 0.489 e. The molecule has 0 aliphatic heterocycles. The van der Waals surface area contributed by atoms with Crippen LogP contribution >= 0.6 is 0 Å². The van der Waals surface area contributed by atoms with Gasteiger partial charge in [0.05, 0.1) is 32.1 Å². The van der Waals surface area contributed by atoms with Gasteiger partial charge in [-0.25, -0.2) is 0 Å². The second kappa shape index (κ2) is 8.74. The van der Waals surface area contributed by atoms with Crippen molar-refractivity contribution in [1.82, 2.24) is 0 Å². The van der Waals surface area contributed by atoms with E-state index in [2.05, 4.69) is 5.32 Å². The number of ether oxygens (including phenoxy) is 2. The number of benzene rings is 1. The number of anilines is 1. The minimum atomic E-state index is 0.0216. The van der Waals surface area contributed by atoms with Gasteiger partial charge in [-0.15, -0.1) is 0 Å². The summed E-state index contributed by atoms with van der Waals surface area (Å²) in [6.07, 6.45) is 0. The highest BCUT2D eigenvalue weighted by molar-refractivity contribution is 5.57. The Labute approximate surface area is 107 Å². The van der Waals surface area contributed by atoms with Crippen LogP contribution < -0.4 is 10.1 Å². The van der Waals surface area contributed by atoms with Crippen LogP contribution in [-0.4, -0.2) is 49.8 Å². The van der Waals surface area contributed by atoms with E-state index in [9.17, 15) is 0 Å². The molecule has 0 fully saturated rings. The van der Waals surface area contributed by atoms with Crippen LogP contribution in [0.1, 0.15) is 5.56 Å². The summed E-state index contributed by atoms with van der Waals surface area (Å²) in [5.41, 5.74) is 1.97. The molecule has 102 valence electrons. The zero-order chi connectivity index (χ0) is 13.2. The van der Waals surface area contributed by atoms with Gasteiger partial charge in [-0.2, -0.15) is 0 Å². The SMILES string of the molecule is Cc1ccc(NCCO)c(OCCOCCO)c1. The number of aliphatic hydroxyl groups excluding tert-OH is 2. The molecule has 0 aliphatic carbocycles. The van der Waals surface area contributed by atoms with Crippen LogP contribution in [0.25, 0.3) is 0 Å². The van der Waals surface area contributed by atoms with Crippen LogP contribution in [0.3, 0.4) is 0 Å². The van der Waals surface area contributed by atoms with Gasteiger partial charge in [0.15, 0.2) is 0 Å². The number of hydrogen-bond acceptors (Lipinski definition) is 5. The Morgan fingerprint density at radius 3 is 2.67 bits per heavy atom. The summed E-state index contributed by atoms with van der Waals surface area (Å²) in [4.78, 5) is 0. The predicted octanol–water partition coefficient (Wildman–Crippen LogP) is 0.787. The highest BCUT2D eigenvalue weighted by atomic mass is 16.5. The van der Waals surface area contributed by atoms with E-state index >= 15 is 0 Å². The summed E-state index contributed by atoms with van der Waals surface area (Å²) in [7, 11) is 0. The van der Waals surface area contributed by atoms with Crippen molar-refractivity contribution in [2.24, 2.45) is 0 Å². The number of rotatable bonds is 9. The van der Waals surface area contributed by atoms with Gasteiger partial charge < -0.3 is 25.0 Å². The van der Waals surface area contributed by atoms with E-state index < -0.39 is 0 Å². The average molecular weight is 255 g/mol. The first-order chi connectivity index (χ1) is 8.77. The topological polar surface area (TPSA) is 71.0 Å². The van der Waals surface area contributed by atoms with E-state index in [0.29, 0.717) is 26.4 Å². The maximum Gasteiger partial charge on any atom is 0.142 e. The molecule has 18 heavy (non-hydrogen) atoms. The Morgan fingerprint density at radius 1 is 1.11 bits per heavy atom. The molecule has 1 rings (SSSR count). The Hall–Kier alpha value is -1.30. The Kier molecular flexibility index (Phi) is 7.17. The number of nitrogens with one attached hydrogen (secondary N) is 1. The van der Waals surface area contributed by atoms with Crippen molar-refractivity contribution in [1.29, 1.82) is 0 Å². The van der Waals surface area contributed by atoms with Crippen LogP contribution in [-0.2, 0) is 4.74 Å². The first kappa shape index (κ1) is 14.8. The molecule has 0 unspecified atom stereocenters. The zero-order valence-electron chi connectivity index (χ0n) is 10.7. The van der Waals surface area contributed by atoms with Crippen LogP contribution in [0.5, 0.6) is 5.75 Å². The maximum atomic E-state index is 8.80. The number of aliphatic hydroxyl groups is 2. The fourth-order valence-electron chi connectivity index (χ4n) is 1.46. The van der Waals surface area contributed by atoms with Crippen molar-refractivity contribution in [3.8, 4) is 5.75 Å². The van der Waals surface area contributed by atoms with Gasteiger partial charge >= 0.3 is 0 Å². The summed E-state index contributed by atoms with van der Waals surface area (Å²) >= 11 is 0. The number of hydrogen-bond donors (Lipinski definition) is 3. The minimum Gasteiger partial charge on any atom is -0.489 e. The third-order valence-electron chi connectivity index (χ3n) is 2.29. The summed E-state index contributed by atoms with van der Waals surface area (Å²) in [6, 6.07) is 5.84. The quantitative estimate of drug-likeness (QED) is 0.569. The molecule has 0 amide bonds. The molecular weight excluding hydrogens is 234 g/mol. The van der Waals surface area contributed by atoms with Crippen LogP contribution in [0, 0.1) is 6.92 Å². The van der Waals surface area contributed by atoms with E-state index in [0.717, 1.165) is 17.0 Å². The van der Waals surface area contributed by atoms with Crippen LogP contribution in [0.2, 0.25) is 0 Å². The van der Waals surface area contributed by atoms with Crippen molar-refractivity contribution in [3.05, 3.63) is 23.8 Å². The molecule has 5 nitrogen and oxygen atoms in total. The standard InChI is InChI=1S/C13H21NO4/c1-11-2-3-12(14-4-5-15)13(10-11)18-9-8-17-7-6-16/h2-3,10,14-16H,4-9H2,1H3. The van der Waals surface area contributed by atoms with Crippen LogP contribution in [0.15, 0.2) is 18.2 Å². The van der Waals surface area contributed by atoms with Gasteiger partial charge in [-0.3, -0.25) is 0 Å². The lowest BCUT2D eigenvalue weighted by Gasteiger charge is -2.13. The first-order valence-corrected chi connectivity index (χ1v) is 6.04. The first-order valence-electron chi connectivity index (χ1n) is 6.04. The molecule has 0 spiro atoms. The molecule has 0 heterocycles. The minimum absolute atomic E-state index is 0.0216. The van der Waals surface area contributed by atoms with Crippen LogP contribution in [0.4, 0.5) is 5.69 Å². The second-order valence-electron chi connectivity index (χ2n) is 3.83. The van der Waals surface area contributed by atoms with E-state index in [1.807, 2.05) is 25.1 Å². The fraction of sp³-hybridized carbons (Fsp3) is 0.538. The third-order valence-corrected chi connectivity index (χ3v) is 2.29. The molecule has 1 aromatic carbocycles. The van der Waals surface area contributed by atoms with E-state index in [4.69, 9.17) is 19.7 Å². The van der Waals surface area contributed by atoms with Gasteiger partial charge in [-0.1, -0.05) is 6.07 Å². The molecule has 0 aliphatic rings. The summed E-state index contributed by atoms with van der Waals surface area (Å²) in [5, 5.41) is 20.4. The van der Waals surface area contributed by atoms with Crippen molar-refractivity contribution < 1.29 is 19.7 Å². The molecule has 1 aromatic rings. The molecule has 0 saturated heterocycles. The highest BCUT2D eigenvalue weighted by Gasteiger charge is 2.03. The molecule has 0 radical (unpaired) electrons. The molecule has 0 atom stereocenters. The predicted molar refractivity (Wildman–Crippen MR) is 70.2 cm³/mol. The summed E-state index contributed by atoms with van der Waals surface area (Å²) in [5.74, 6) is 0.746. The number of aryl methyl sites for hydroxylation is 1. The van der Waals surface area contributed by atoms with Crippen molar-refractivity contribution >= 4 is 5.69 Å². The van der Waals surface area contributed by atoms with Gasteiger partial charge in [0.2, 0.25) is 0 Å². The summed E-state index contributed by atoms with van der Waals surface area (Å²) in [6.45, 7) is 3.77. The second-order valence-corrected chi connectivity index (χ2v) is 3.83. The molecule has 0 saturated carbocycles. The van der Waals surface area contributed by atoms with Gasteiger partial charge in [0.1, 0.15) is 12.4 Å². The van der Waals surface area contributed by atoms with Crippen molar-refractivity contribution in [2.45, 2.75) is 6.92 Å². The normalized spacial score (nSPS) is 10.4. The third kappa shape index (κ3) is 5.35. The lowest BCUT2D eigenvalue weighted by molar-refractivity contribution is 0.0706. The molecule has 5 heteroatoms.